The molecule has 0 radical (unpaired) electrons. The summed E-state index contributed by atoms with van der Waals surface area (Å²) in [6, 6.07) is 7.31. The van der Waals surface area contributed by atoms with Gasteiger partial charge in [0.25, 0.3) is 5.56 Å². The highest BCUT2D eigenvalue weighted by Crippen LogP contribution is 2.27. The van der Waals surface area contributed by atoms with Gasteiger partial charge in [-0.25, -0.2) is 4.98 Å². The molecule has 0 aromatic carbocycles. The van der Waals surface area contributed by atoms with Crippen molar-refractivity contribution >= 4 is 22.9 Å². The summed E-state index contributed by atoms with van der Waals surface area (Å²) in [6.45, 7) is 8.10. The van der Waals surface area contributed by atoms with Crippen LogP contribution in [0.5, 0.6) is 0 Å². The van der Waals surface area contributed by atoms with Gasteiger partial charge in [-0.15, -0.1) is 11.3 Å². The van der Waals surface area contributed by atoms with Crippen molar-refractivity contribution in [3.63, 3.8) is 0 Å². The Morgan fingerprint density at radius 3 is 2.69 bits per heavy atom. The number of aromatic nitrogens is 3. The summed E-state index contributed by atoms with van der Waals surface area (Å²) in [4.78, 5) is 36.7. The van der Waals surface area contributed by atoms with Crippen LogP contribution in [0.4, 0.5) is 5.69 Å². The van der Waals surface area contributed by atoms with Gasteiger partial charge in [-0.2, -0.15) is 0 Å². The van der Waals surface area contributed by atoms with Crippen molar-refractivity contribution in [3.8, 4) is 22.0 Å². The van der Waals surface area contributed by atoms with Crippen LogP contribution in [-0.4, -0.2) is 32.9 Å². The topological polar surface area (TPSA) is 99.8 Å². The largest absolute Gasteiger partial charge is 0.324 e. The maximum absolute atomic E-state index is 12.6. The molecule has 29 heavy (non-hydrogen) atoms. The summed E-state index contributed by atoms with van der Waals surface area (Å²) in [7, 11) is 0. The Hall–Kier alpha value is -2.84. The van der Waals surface area contributed by atoms with Crippen LogP contribution in [0.3, 0.4) is 0 Å². The van der Waals surface area contributed by atoms with Gasteiger partial charge in [0.1, 0.15) is 5.01 Å². The smallest absolute Gasteiger partial charge is 0.257 e. The van der Waals surface area contributed by atoms with Crippen molar-refractivity contribution in [1.29, 1.82) is 0 Å². The molecule has 3 aromatic rings. The van der Waals surface area contributed by atoms with Gasteiger partial charge in [0.2, 0.25) is 5.91 Å². The van der Waals surface area contributed by atoms with Crippen LogP contribution < -0.4 is 16.2 Å². The maximum atomic E-state index is 12.6. The van der Waals surface area contributed by atoms with Crippen LogP contribution in [0, 0.1) is 0 Å². The number of nitrogens with one attached hydrogen (secondary N) is 3. The Morgan fingerprint density at radius 1 is 1.24 bits per heavy atom. The number of carbonyl (C=O) groups is 1. The van der Waals surface area contributed by atoms with Crippen LogP contribution in [0.15, 0.2) is 40.6 Å². The molecule has 3 rings (SSSR count). The number of anilines is 1. The van der Waals surface area contributed by atoms with E-state index in [-0.39, 0.29) is 23.6 Å². The number of thiazole rings is 1. The zero-order valence-corrected chi connectivity index (χ0v) is 17.8. The molecule has 0 aliphatic carbocycles. The van der Waals surface area contributed by atoms with E-state index in [0.29, 0.717) is 29.1 Å². The number of amides is 1. The average molecular weight is 412 g/mol. The van der Waals surface area contributed by atoms with E-state index in [1.807, 2.05) is 51.3 Å². The molecular weight excluding hydrogens is 386 g/mol. The molecule has 8 heteroatoms. The Bertz CT molecular complexity index is 1050. The standard InChI is InChI=1S/C21H25N5O2S/c1-5-14-16(24-18(27)11-23-21(2,3)4)10-13(19(28)25-14)17-12-29-20(26-17)15-8-6-7-9-22-15/h6-10,12,23H,5,11H2,1-4H3,(H,24,27)(H,25,28). The molecule has 0 unspecified atom stereocenters. The second-order valence-electron chi connectivity index (χ2n) is 7.66. The zero-order valence-electron chi connectivity index (χ0n) is 17.0. The van der Waals surface area contributed by atoms with Crippen molar-refractivity contribution in [2.24, 2.45) is 0 Å². The van der Waals surface area contributed by atoms with Gasteiger partial charge in [0.05, 0.1) is 29.2 Å². The Balaban J connectivity index is 1.89. The van der Waals surface area contributed by atoms with Crippen molar-refractivity contribution in [2.45, 2.75) is 39.7 Å². The summed E-state index contributed by atoms with van der Waals surface area (Å²) >= 11 is 1.42. The number of carbonyl (C=O) groups excluding carboxylic acids is 1. The first kappa shape index (κ1) is 20.9. The van der Waals surface area contributed by atoms with E-state index in [0.717, 1.165) is 10.7 Å². The highest BCUT2D eigenvalue weighted by Gasteiger charge is 2.16. The number of aromatic amines is 1. The summed E-state index contributed by atoms with van der Waals surface area (Å²) in [5.41, 5.74) is 2.61. The normalized spacial score (nSPS) is 11.4. The second kappa shape index (κ2) is 8.67. The molecule has 152 valence electrons. The number of H-pyrrole nitrogens is 1. The van der Waals surface area contributed by atoms with Crippen molar-refractivity contribution in [3.05, 3.63) is 51.9 Å². The average Bonchev–Trinajstić information content (AvgIpc) is 3.17. The van der Waals surface area contributed by atoms with E-state index in [2.05, 4.69) is 25.6 Å². The molecule has 1 amide bonds. The molecular formula is C21H25N5O2S. The first-order valence-corrected chi connectivity index (χ1v) is 10.3. The predicted octanol–water partition coefficient (Wildman–Crippen LogP) is 3.45. The maximum Gasteiger partial charge on any atom is 0.257 e. The molecule has 3 heterocycles. The third-order valence-corrected chi connectivity index (χ3v) is 5.06. The van der Waals surface area contributed by atoms with Crippen LogP contribution in [0.25, 0.3) is 22.0 Å². The Morgan fingerprint density at radius 2 is 2.03 bits per heavy atom. The summed E-state index contributed by atoms with van der Waals surface area (Å²) in [6.07, 6.45) is 2.30. The summed E-state index contributed by atoms with van der Waals surface area (Å²) < 4.78 is 0. The lowest BCUT2D eigenvalue weighted by molar-refractivity contribution is -0.115. The fraction of sp³-hybridized carbons (Fsp3) is 0.333. The number of hydrogen-bond donors (Lipinski definition) is 3. The third-order valence-electron chi connectivity index (χ3n) is 4.19. The molecule has 7 nitrogen and oxygen atoms in total. The van der Waals surface area contributed by atoms with E-state index >= 15 is 0 Å². The molecule has 0 aliphatic rings. The van der Waals surface area contributed by atoms with Gasteiger partial charge < -0.3 is 15.6 Å². The molecule has 0 fully saturated rings. The van der Waals surface area contributed by atoms with Gasteiger partial charge in [0, 0.05) is 22.8 Å². The van der Waals surface area contributed by atoms with Crippen molar-refractivity contribution in [1.82, 2.24) is 20.3 Å². The second-order valence-corrected chi connectivity index (χ2v) is 8.52. The third kappa shape index (κ3) is 5.36. The summed E-state index contributed by atoms with van der Waals surface area (Å²) in [5.74, 6) is -0.167. The minimum atomic E-state index is -0.231. The Labute approximate surface area is 173 Å². The molecule has 3 N–H and O–H groups in total. The molecule has 0 saturated heterocycles. The lowest BCUT2D eigenvalue weighted by Gasteiger charge is -2.20. The monoisotopic (exact) mass is 411 g/mol. The van der Waals surface area contributed by atoms with Gasteiger partial charge in [-0.05, 0) is 45.4 Å². The molecule has 3 aromatic heterocycles. The van der Waals surface area contributed by atoms with Crippen molar-refractivity contribution in [2.75, 3.05) is 11.9 Å². The van der Waals surface area contributed by atoms with Gasteiger partial charge >= 0.3 is 0 Å². The van der Waals surface area contributed by atoms with E-state index in [1.165, 1.54) is 11.3 Å². The fourth-order valence-corrected chi connectivity index (χ4v) is 3.49. The van der Waals surface area contributed by atoms with Gasteiger partial charge in [-0.1, -0.05) is 13.0 Å². The number of aryl methyl sites for hydroxylation is 1. The molecule has 0 aliphatic heterocycles. The van der Waals surface area contributed by atoms with Gasteiger partial charge in [-0.3, -0.25) is 14.6 Å². The van der Waals surface area contributed by atoms with Crippen LogP contribution in [0.2, 0.25) is 0 Å². The van der Waals surface area contributed by atoms with Crippen LogP contribution in [0.1, 0.15) is 33.4 Å². The van der Waals surface area contributed by atoms with E-state index in [9.17, 15) is 9.59 Å². The SMILES string of the molecule is CCc1[nH]c(=O)c(-c2csc(-c3ccccn3)n2)cc1NC(=O)CNC(C)(C)C. The molecule has 0 saturated carbocycles. The number of hydrogen-bond acceptors (Lipinski definition) is 6. The molecule has 0 spiro atoms. The van der Waals surface area contributed by atoms with E-state index in [4.69, 9.17) is 0 Å². The molecule has 0 atom stereocenters. The van der Waals surface area contributed by atoms with E-state index in [1.54, 1.807) is 12.3 Å². The van der Waals surface area contributed by atoms with Crippen LogP contribution in [-0.2, 0) is 11.2 Å². The molecule has 0 bridgehead atoms. The Kier molecular flexibility index (Phi) is 6.24. The number of pyridine rings is 2. The minimum absolute atomic E-state index is 0.163. The van der Waals surface area contributed by atoms with E-state index < -0.39 is 0 Å². The van der Waals surface area contributed by atoms with Gasteiger partial charge in [0.15, 0.2) is 0 Å². The lowest BCUT2D eigenvalue weighted by Crippen LogP contribution is -2.41. The first-order chi connectivity index (χ1) is 13.8. The fourth-order valence-electron chi connectivity index (χ4n) is 2.69. The highest BCUT2D eigenvalue weighted by molar-refractivity contribution is 7.13. The minimum Gasteiger partial charge on any atom is -0.324 e. The van der Waals surface area contributed by atoms with Crippen LogP contribution >= 0.6 is 11.3 Å². The van der Waals surface area contributed by atoms with Crippen molar-refractivity contribution < 1.29 is 4.79 Å². The lowest BCUT2D eigenvalue weighted by atomic mass is 10.1. The quantitative estimate of drug-likeness (QED) is 0.577. The highest BCUT2D eigenvalue weighted by atomic mass is 32.1. The predicted molar refractivity (Wildman–Crippen MR) is 117 cm³/mol. The first-order valence-electron chi connectivity index (χ1n) is 9.45. The zero-order chi connectivity index (χ0) is 21.0. The number of nitrogens with zero attached hydrogens (tertiary/aromatic N) is 2. The number of rotatable bonds is 6. The summed E-state index contributed by atoms with van der Waals surface area (Å²) in [5, 5.41) is 8.62.